The number of benzene rings is 2. The molecule has 1 aliphatic rings. The van der Waals surface area contributed by atoms with Gasteiger partial charge < -0.3 is 19.3 Å². The molecule has 1 amide bonds. The van der Waals surface area contributed by atoms with Gasteiger partial charge >= 0.3 is 0 Å². The first kappa shape index (κ1) is 19.5. The van der Waals surface area contributed by atoms with Crippen LogP contribution in [0.15, 0.2) is 42.5 Å². The molecule has 3 rings (SSSR count). The number of nitrogens with zero attached hydrogens (tertiary/aromatic N) is 2. The maximum atomic E-state index is 13.1. The summed E-state index contributed by atoms with van der Waals surface area (Å²) in [5.41, 5.74) is 2.18. The Morgan fingerprint density at radius 3 is 2.74 bits per heavy atom. The van der Waals surface area contributed by atoms with Crippen molar-refractivity contribution in [3.05, 3.63) is 58.9 Å². The van der Waals surface area contributed by atoms with Crippen LogP contribution < -0.4 is 9.64 Å². The van der Waals surface area contributed by atoms with Gasteiger partial charge in [0.05, 0.1) is 18.2 Å². The predicted octanol–water partition coefficient (Wildman–Crippen LogP) is 3.35. The molecule has 0 aliphatic carbocycles. The molecule has 2 aromatic rings. The minimum atomic E-state index is -0.449. The number of para-hydroxylation sites is 1. The van der Waals surface area contributed by atoms with E-state index in [9.17, 15) is 9.18 Å². The second kappa shape index (κ2) is 9.06. The van der Waals surface area contributed by atoms with Crippen LogP contribution in [0.3, 0.4) is 0 Å². The van der Waals surface area contributed by atoms with Crippen LogP contribution in [0.2, 0.25) is 5.02 Å². The number of likely N-dealkylation sites (N-methyl/N-ethyl adjacent to an activating group) is 1. The van der Waals surface area contributed by atoms with E-state index in [1.165, 1.54) is 12.1 Å². The first-order valence-electron chi connectivity index (χ1n) is 8.77. The number of halogens is 2. The van der Waals surface area contributed by atoms with E-state index in [1.54, 1.807) is 11.9 Å². The van der Waals surface area contributed by atoms with Gasteiger partial charge in [-0.3, -0.25) is 4.79 Å². The molecule has 27 heavy (non-hydrogen) atoms. The summed E-state index contributed by atoms with van der Waals surface area (Å²) in [6.45, 7) is 3.38. The van der Waals surface area contributed by atoms with Gasteiger partial charge in [0.1, 0.15) is 11.6 Å². The fourth-order valence-electron chi connectivity index (χ4n) is 2.94. The normalized spacial score (nSPS) is 14.1. The molecular weight excluding hydrogens is 371 g/mol. The van der Waals surface area contributed by atoms with Gasteiger partial charge in [0, 0.05) is 32.4 Å². The molecule has 2 aromatic carbocycles. The number of carbonyl (C=O) groups excluding carboxylic acids is 1. The fourth-order valence-corrected chi connectivity index (χ4v) is 3.16. The number of ether oxygens (including phenoxy) is 2. The molecule has 0 atom stereocenters. The van der Waals surface area contributed by atoms with Gasteiger partial charge in [-0.25, -0.2) is 4.39 Å². The zero-order chi connectivity index (χ0) is 19.2. The summed E-state index contributed by atoms with van der Waals surface area (Å²) in [5.74, 6) is -0.351. The van der Waals surface area contributed by atoms with E-state index >= 15 is 0 Å². The average molecular weight is 393 g/mol. The van der Waals surface area contributed by atoms with E-state index < -0.39 is 5.82 Å². The Morgan fingerprint density at radius 2 is 2.00 bits per heavy atom. The van der Waals surface area contributed by atoms with Crippen LogP contribution in [0, 0.1) is 5.82 Å². The zero-order valence-corrected chi connectivity index (χ0v) is 15.9. The van der Waals surface area contributed by atoms with Crippen LogP contribution in [-0.4, -0.2) is 50.8 Å². The summed E-state index contributed by atoms with van der Waals surface area (Å²) in [6.07, 6.45) is 0. The van der Waals surface area contributed by atoms with E-state index in [4.69, 9.17) is 21.1 Å². The quantitative estimate of drug-likeness (QED) is 0.756. The van der Waals surface area contributed by atoms with Crippen molar-refractivity contribution in [3.63, 3.8) is 0 Å². The van der Waals surface area contributed by atoms with E-state index in [1.807, 2.05) is 18.2 Å². The Bertz CT molecular complexity index is 797. The molecule has 1 saturated heterocycles. The van der Waals surface area contributed by atoms with Crippen molar-refractivity contribution in [1.29, 1.82) is 0 Å². The molecule has 0 saturated carbocycles. The van der Waals surface area contributed by atoms with E-state index in [2.05, 4.69) is 11.0 Å². The van der Waals surface area contributed by atoms with Gasteiger partial charge in [-0.2, -0.15) is 0 Å². The molecule has 0 unspecified atom stereocenters. The lowest BCUT2D eigenvalue weighted by atomic mass is 10.1. The summed E-state index contributed by atoms with van der Waals surface area (Å²) in [6, 6.07) is 11.9. The third kappa shape index (κ3) is 5.11. The van der Waals surface area contributed by atoms with Crippen molar-refractivity contribution in [2.75, 3.05) is 44.9 Å². The number of amides is 1. The zero-order valence-electron chi connectivity index (χ0n) is 15.2. The molecular formula is C20H22ClFN2O3. The van der Waals surface area contributed by atoms with Crippen LogP contribution in [0.4, 0.5) is 10.1 Å². The minimum absolute atomic E-state index is 0.142. The third-order valence-electron chi connectivity index (χ3n) is 4.42. The first-order chi connectivity index (χ1) is 13.0. The number of rotatable bonds is 6. The van der Waals surface area contributed by atoms with Crippen LogP contribution >= 0.6 is 11.6 Å². The second-order valence-electron chi connectivity index (χ2n) is 6.34. The molecule has 0 radical (unpaired) electrons. The monoisotopic (exact) mass is 392 g/mol. The molecule has 1 aliphatic heterocycles. The molecule has 0 N–H and O–H groups in total. The van der Waals surface area contributed by atoms with Gasteiger partial charge in [-0.05, 0) is 29.8 Å². The van der Waals surface area contributed by atoms with Gasteiger partial charge in [0.2, 0.25) is 0 Å². The minimum Gasteiger partial charge on any atom is -0.482 e. The summed E-state index contributed by atoms with van der Waals surface area (Å²) >= 11 is 5.92. The van der Waals surface area contributed by atoms with Crippen molar-refractivity contribution in [3.8, 4) is 5.75 Å². The topological polar surface area (TPSA) is 42.0 Å². The van der Waals surface area contributed by atoms with Gasteiger partial charge in [0.25, 0.3) is 5.91 Å². The number of hydrogen-bond donors (Lipinski definition) is 0. The van der Waals surface area contributed by atoms with Crippen LogP contribution in [0.25, 0.3) is 0 Å². The number of morpholine rings is 1. The summed E-state index contributed by atoms with van der Waals surface area (Å²) in [5, 5.41) is 0.142. The Labute approximate surface area is 163 Å². The average Bonchev–Trinajstić information content (AvgIpc) is 2.68. The van der Waals surface area contributed by atoms with E-state index in [-0.39, 0.29) is 23.3 Å². The number of hydrogen-bond acceptors (Lipinski definition) is 4. The van der Waals surface area contributed by atoms with Crippen molar-refractivity contribution < 1.29 is 18.7 Å². The summed E-state index contributed by atoms with van der Waals surface area (Å²) in [4.78, 5) is 16.3. The third-order valence-corrected chi connectivity index (χ3v) is 4.72. The van der Waals surface area contributed by atoms with Crippen molar-refractivity contribution in [2.45, 2.75) is 6.54 Å². The largest absolute Gasteiger partial charge is 0.482 e. The smallest absolute Gasteiger partial charge is 0.260 e. The highest BCUT2D eigenvalue weighted by Gasteiger charge is 2.17. The highest BCUT2D eigenvalue weighted by atomic mass is 35.5. The lowest BCUT2D eigenvalue weighted by Crippen LogP contribution is -2.37. The molecule has 0 bridgehead atoms. The Balaban J connectivity index is 1.61. The highest BCUT2D eigenvalue weighted by molar-refractivity contribution is 6.32. The first-order valence-corrected chi connectivity index (χ1v) is 9.15. The second-order valence-corrected chi connectivity index (χ2v) is 6.75. The van der Waals surface area contributed by atoms with Gasteiger partial charge in [-0.1, -0.05) is 29.8 Å². The molecule has 144 valence electrons. The SMILES string of the molecule is CN(Cc1ccccc1N1CCOCC1)C(=O)COc1ccc(F)cc1Cl. The Hall–Kier alpha value is -2.31. The number of anilines is 1. The number of carbonyl (C=O) groups is 1. The molecule has 5 nitrogen and oxygen atoms in total. The van der Waals surface area contributed by atoms with Crippen molar-refractivity contribution in [2.24, 2.45) is 0 Å². The molecule has 1 heterocycles. The van der Waals surface area contributed by atoms with Crippen LogP contribution in [0.1, 0.15) is 5.56 Å². The Kier molecular flexibility index (Phi) is 6.53. The summed E-state index contributed by atoms with van der Waals surface area (Å²) < 4.78 is 23.9. The standard InChI is InChI=1S/C20H22ClFN2O3/c1-23(20(25)14-27-19-7-6-16(22)12-17(19)21)13-15-4-2-3-5-18(15)24-8-10-26-11-9-24/h2-7,12H,8-11,13-14H2,1H3. The van der Waals surface area contributed by atoms with E-state index in [0.29, 0.717) is 19.8 Å². The van der Waals surface area contributed by atoms with Gasteiger partial charge in [0.15, 0.2) is 6.61 Å². The maximum Gasteiger partial charge on any atom is 0.260 e. The molecule has 1 fully saturated rings. The van der Waals surface area contributed by atoms with Crippen molar-refractivity contribution >= 4 is 23.2 Å². The Morgan fingerprint density at radius 1 is 1.26 bits per heavy atom. The van der Waals surface area contributed by atoms with Crippen LogP contribution in [-0.2, 0) is 16.1 Å². The lowest BCUT2D eigenvalue weighted by Gasteiger charge is -2.31. The maximum absolute atomic E-state index is 13.1. The molecule has 7 heteroatoms. The summed E-state index contributed by atoms with van der Waals surface area (Å²) in [7, 11) is 1.73. The van der Waals surface area contributed by atoms with Gasteiger partial charge in [-0.15, -0.1) is 0 Å². The fraction of sp³-hybridized carbons (Fsp3) is 0.350. The molecule has 0 spiro atoms. The lowest BCUT2D eigenvalue weighted by molar-refractivity contribution is -0.132. The highest BCUT2D eigenvalue weighted by Crippen LogP contribution is 2.25. The van der Waals surface area contributed by atoms with Crippen LogP contribution in [0.5, 0.6) is 5.75 Å². The molecule has 0 aromatic heterocycles. The predicted molar refractivity (Wildman–Crippen MR) is 103 cm³/mol. The van der Waals surface area contributed by atoms with Crippen molar-refractivity contribution in [1.82, 2.24) is 4.90 Å². The van der Waals surface area contributed by atoms with E-state index in [0.717, 1.165) is 30.4 Å².